The quantitative estimate of drug-likeness (QED) is 0.448. The number of nitrogens with one attached hydrogen (secondary N) is 1. The largest absolute Gasteiger partial charge is 0.507 e. The number of aromatic carboxylic acids is 1. The van der Waals surface area contributed by atoms with Crippen LogP contribution in [0.5, 0.6) is 5.75 Å². The zero-order chi connectivity index (χ0) is 19.4. The molecule has 0 saturated carbocycles. The molecule has 4 nitrogen and oxygen atoms in total. The smallest absolute Gasteiger partial charge is 0.339 e. The number of aryl methyl sites for hydroxylation is 3. The van der Waals surface area contributed by atoms with Crippen LogP contribution in [-0.4, -0.2) is 21.2 Å². The fourth-order valence-corrected chi connectivity index (χ4v) is 4.25. The van der Waals surface area contributed by atoms with Gasteiger partial charge in [-0.2, -0.15) is 0 Å². The molecule has 0 aliphatic heterocycles. The Labute approximate surface area is 162 Å². The standard InChI is InChI=1S/C24H19NO3/c1-13-3-2-4-14(9-13)15-5-7-17-18-8-6-16-10-20(24(27)28)22(26)12-19(16)23(18)25-21(17)11-15/h2-5,7,9-12,25-26H,6,8H2,1H3,(H,27,28). The number of aromatic hydroxyl groups is 1. The number of carbonyl (C=O) groups is 1. The van der Waals surface area contributed by atoms with E-state index in [0.29, 0.717) is 0 Å². The molecular formula is C24H19NO3. The molecule has 0 unspecified atom stereocenters. The molecule has 0 saturated heterocycles. The summed E-state index contributed by atoms with van der Waals surface area (Å²) in [6, 6.07) is 18.1. The van der Waals surface area contributed by atoms with Crippen LogP contribution in [-0.2, 0) is 12.8 Å². The first kappa shape index (κ1) is 16.6. The predicted molar refractivity (Wildman–Crippen MR) is 110 cm³/mol. The van der Waals surface area contributed by atoms with Gasteiger partial charge in [0.25, 0.3) is 0 Å². The van der Waals surface area contributed by atoms with E-state index < -0.39 is 5.97 Å². The molecule has 0 fully saturated rings. The maximum atomic E-state index is 11.3. The summed E-state index contributed by atoms with van der Waals surface area (Å²) in [6.07, 6.45) is 1.60. The number of H-pyrrole nitrogens is 1. The number of benzene rings is 3. The maximum Gasteiger partial charge on any atom is 0.339 e. The predicted octanol–water partition coefficient (Wildman–Crippen LogP) is 5.31. The topological polar surface area (TPSA) is 73.3 Å². The Hall–Kier alpha value is -3.53. The third-order valence-corrected chi connectivity index (χ3v) is 5.62. The summed E-state index contributed by atoms with van der Waals surface area (Å²) in [5.74, 6) is -1.30. The van der Waals surface area contributed by atoms with Crippen molar-refractivity contribution in [1.29, 1.82) is 0 Å². The van der Waals surface area contributed by atoms with Crippen molar-refractivity contribution in [3.63, 3.8) is 0 Å². The third kappa shape index (κ3) is 2.49. The summed E-state index contributed by atoms with van der Waals surface area (Å²) in [7, 11) is 0. The minimum atomic E-state index is -1.11. The van der Waals surface area contributed by atoms with Gasteiger partial charge in [0.2, 0.25) is 0 Å². The molecule has 0 atom stereocenters. The highest BCUT2D eigenvalue weighted by Crippen LogP contribution is 2.41. The first-order valence-corrected chi connectivity index (χ1v) is 9.32. The Bertz CT molecular complexity index is 1270. The Morgan fingerprint density at radius 2 is 1.82 bits per heavy atom. The lowest BCUT2D eigenvalue weighted by Gasteiger charge is -2.18. The van der Waals surface area contributed by atoms with E-state index in [9.17, 15) is 15.0 Å². The van der Waals surface area contributed by atoms with Crippen LogP contribution in [0.25, 0.3) is 33.3 Å². The lowest BCUT2D eigenvalue weighted by molar-refractivity contribution is 0.0693. The third-order valence-electron chi connectivity index (χ3n) is 5.62. The number of hydrogen-bond donors (Lipinski definition) is 3. The molecule has 5 rings (SSSR count). The number of aromatic amines is 1. The number of phenols is 1. The van der Waals surface area contributed by atoms with Gasteiger partial charge in [-0.1, -0.05) is 42.0 Å². The minimum absolute atomic E-state index is 0.0416. The van der Waals surface area contributed by atoms with Crippen LogP contribution in [0.15, 0.2) is 54.6 Å². The average Bonchev–Trinajstić information content (AvgIpc) is 3.05. The molecular weight excluding hydrogens is 350 g/mol. The van der Waals surface area contributed by atoms with Gasteiger partial charge in [-0.05, 0) is 60.2 Å². The fourth-order valence-electron chi connectivity index (χ4n) is 4.25. The summed E-state index contributed by atoms with van der Waals surface area (Å²) < 4.78 is 0. The molecule has 3 N–H and O–H groups in total. The van der Waals surface area contributed by atoms with Gasteiger partial charge in [0.15, 0.2) is 0 Å². The summed E-state index contributed by atoms with van der Waals surface area (Å²) in [6.45, 7) is 2.09. The SMILES string of the molecule is Cc1cccc(-c2ccc3c4c([nH]c3c2)-c2cc(O)c(C(=O)O)cc2CC4)c1. The van der Waals surface area contributed by atoms with Gasteiger partial charge in [-0.3, -0.25) is 0 Å². The molecule has 1 heterocycles. The molecule has 0 spiro atoms. The fraction of sp³-hybridized carbons (Fsp3) is 0.125. The Morgan fingerprint density at radius 3 is 2.61 bits per heavy atom. The molecule has 0 amide bonds. The zero-order valence-corrected chi connectivity index (χ0v) is 15.4. The van der Waals surface area contributed by atoms with Crippen molar-refractivity contribution >= 4 is 16.9 Å². The molecule has 0 radical (unpaired) electrons. The molecule has 3 aromatic carbocycles. The van der Waals surface area contributed by atoms with E-state index in [1.807, 2.05) is 0 Å². The lowest BCUT2D eigenvalue weighted by Crippen LogP contribution is -2.06. The van der Waals surface area contributed by atoms with Crippen molar-refractivity contribution in [3.8, 4) is 28.1 Å². The van der Waals surface area contributed by atoms with Crippen LogP contribution in [0.3, 0.4) is 0 Å². The second-order valence-corrected chi connectivity index (χ2v) is 7.44. The van der Waals surface area contributed by atoms with E-state index in [2.05, 4.69) is 54.4 Å². The van der Waals surface area contributed by atoms with E-state index in [1.165, 1.54) is 22.1 Å². The highest BCUT2D eigenvalue weighted by atomic mass is 16.4. The van der Waals surface area contributed by atoms with Gasteiger partial charge in [0.1, 0.15) is 11.3 Å². The summed E-state index contributed by atoms with van der Waals surface area (Å²) in [5.41, 5.74) is 8.61. The van der Waals surface area contributed by atoms with Crippen LogP contribution < -0.4 is 0 Å². The van der Waals surface area contributed by atoms with Crippen molar-refractivity contribution < 1.29 is 15.0 Å². The summed E-state index contributed by atoms with van der Waals surface area (Å²) >= 11 is 0. The highest BCUT2D eigenvalue weighted by molar-refractivity contribution is 5.97. The molecule has 0 bridgehead atoms. The Morgan fingerprint density at radius 1 is 1.00 bits per heavy atom. The van der Waals surface area contributed by atoms with E-state index >= 15 is 0 Å². The van der Waals surface area contributed by atoms with Gasteiger partial charge in [0, 0.05) is 16.5 Å². The van der Waals surface area contributed by atoms with Crippen molar-refractivity contribution in [1.82, 2.24) is 4.98 Å². The molecule has 1 aromatic heterocycles. The van der Waals surface area contributed by atoms with Crippen molar-refractivity contribution in [2.24, 2.45) is 0 Å². The summed E-state index contributed by atoms with van der Waals surface area (Å²) in [5, 5.41) is 20.6. The van der Waals surface area contributed by atoms with Crippen LogP contribution in [0.4, 0.5) is 0 Å². The van der Waals surface area contributed by atoms with Crippen LogP contribution >= 0.6 is 0 Å². The number of carboxylic acids is 1. The van der Waals surface area contributed by atoms with Gasteiger partial charge in [-0.25, -0.2) is 4.79 Å². The number of aromatic nitrogens is 1. The molecule has 28 heavy (non-hydrogen) atoms. The van der Waals surface area contributed by atoms with Crippen molar-refractivity contribution in [2.45, 2.75) is 19.8 Å². The zero-order valence-electron chi connectivity index (χ0n) is 15.4. The molecule has 138 valence electrons. The monoisotopic (exact) mass is 369 g/mol. The summed E-state index contributed by atoms with van der Waals surface area (Å²) in [4.78, 5) is 14.8. The van der Waals surface area contributed by atoms with Gasteiger partial charge >= 0.3 is 5.97 Å². The Balaban J connectivity index is 1.67. The van der Waals surface area contributed by atoms with Crippen LogP contribution in [0, 0.1) is 6.92 Å². The normalized spacial score (nSPS) is 12.6. The van der Waals surface area contributed by atoms with E-state index in [0.717, 1.165) is 40.7 Å². The minimum Gasteiger partial charge on any atom is -0.507 e. The van der Waals surface area contributed by atoms with Gasteiger partial charge in [0.05, 0.1) is 5.69 Å². The number of rotatable bonds is 2. The van der Waals surface area contributed by atoms with E-state index in [-0.39, 0.29) is 11.3 Å². The first-order chi connectivity index (χ1) is 13.5. The Kier molecular flexibility index (Phi) is 3.56. The second-order valence-electron chi connectivity index (χ2n) is 7.44. The van der Waals surface area contributed by atoms with E-state index in [1.54, 1.807) is 12.1 Å². The van der Waals surface area contributed by atoms with Crippen LogP contribution in [0.2, 0.25) is 0 Å². The molecule has 4 heteroatoms. The average molecular weight is 369 g/mol. The molecule has 4 aromatic rings. The molecule has 1 aliphatic carbocycles. The first-order valence-electron chi connectivity index (χ1n) is 9.32. The lowest BCUT2D eigenvalue weighted by atomic mass is 9.87. The van der Waals surface area contributed by atoms with Crippen molar-refractivity contribution in [3.05, 3.63) is 76.9 Å². The van der Waals surface area contributed by atoms with Gasteiger partial charge in [-0.15, -0.1) is 0 Å². The van der Waals surface area contributed by atoms with Gasteiger partial charge < -0.3 is 15.2 Å². The maximum absolute atomic E-state index is 11.3. The second kappa shape index (κ2) is 5.99. The van der Waals surface area contributed by atoms with E-state index in [4.69, 9.17) is 0 Å². The number of carboxylic acid groups (broad SMARTS) is 1. The number of hydrogen-bond acceptors (Lipinski definition) is 2. The van der Waals surface area contributed by atoms with Crippen molar-refractivity contribution in [2.75, 3.05) is 0 Å². The number of fused-ring (bicyclic) bond motifs is 5. The highest BCUT2D eigenvalue weighted by Gasteiger charge is 2.24. The molecule has 1 aliphatic rings. The van der Waals surface area contributed by atoms with Crippen LogP contribution in [0.1, 0.15) is 27.0 Å².